The highest BCUT2D eigenvalue weighted by Gasteiger charge is 2.26. The van der Waals surface area contributed by atoms with Crippen molar-refractivity contribution in [1.29, 1.82) is 0 Å². The van der Waals surface area contributed by atoms with Crippen LogP contribution in [0.1, 0.15) is 46.5 Å². The quantitative estimate of drug-likeness (QED) is 0.633. The van der Waals surface area contributed by atoms with Crippen molar-refractivity contribution in [2.45, 2.75) is 58.2 Å². The fourth-order valence-electron chi connectivity index (χ4n) is 1.47. The maximum Gasteiger partial charge on any atom is 0.0771 e. The lowest BCUT2D eigenvalue weighted by atomic mass is 9.93. The second-order valence-electron chi connectivity index (χ2n) is 3.74. The van der Waals surface area contributed by atoms with Gasteiger partial charge in [-0.25, -0.2) is 0 Å². The summed E-state index contributed by atoms with van der Waals surface area (Å²) in [5, 5.41) is 18.3. The van der Waals surface area contributed by atoms with Crippen LogP contribution in [0.3, 0.4) is 0 Å². The Labute approximate surface area is 87.1 Å². The first-order chi connectivity index (χ1) is 6.64. The second-order valence-corrected chi connectivity index (χ2v) is 3.74. The Balaban J connectivity index is 4.06. The summed E-state index contributed by atoms with van der Waals surface area (Å²) >= 11 is 0. The Morgan fingerprint density at radius 2 is 1.79 bits per heavy atom. The molecule has 3 heteroatoms. The average Bonchev–Trinajstić information content (AvgIpc) is 2.24. The maximum absolute atomic E-state index is 9.39. The molecule has 0 aromatic heterocycles. The van der Waals surface area contributed by atoms with Crippen molar-refractivity contribution in [2.24, 2.45) is 0 Å². The second kappa shape index (κ2) is 7.21. The SMILES string of the molecule is CCC(O)COC(CC)(CC)CCO. The smallest absolute Gasteiger partial charge is 0.0771 e. The first kappa shape index (κ1) is 13.9. The van der Waals surface area contributed by atoms with E-state index in [2.05, 4.69) is 13.8 Å². The molecule has 0 saturated heterocycles. The predicted octanol–water partition coefficient (Wildman–Crippen LogP) is 1.72. The van der Waals surface area contributed by atoms with Gasteiger partial charge in [-0.15, -0.1) is 0 Å². The molecule has 14 heavy (non-hydrogen) atoms. The third-order valence-corrected chi connectivity index (χ3v) is 2.91. The summed E-state index contributed by atoms with van der Waals surface area (Å²) in [5.41, 5.74) is -0.245. The maximum atomic E-state index is 9.39. The van der Waals surface area contributed by atoms with E-state index < -0.39 is 0 Å². The molecule has 0 aromatic carbocycles. The van der Waals surface area contributed by atoms with Crippen molar-refractivity contribution >= 4 is 0 Å². The van der Waals surface area contributed by atoms with Crippen molar-refractivity contribution in [2.75, 3.05) is 13.2 Å². The van der Waals surface area contributed by atoms with E-state index in [-0.39, 0.29) is 18.3 Å². The van der Waals surface area contributed by atoms with Crippen LogP contribution < -0.4 is 0 Å². The molecule has 0 radical (unpaired) electrons. The van der Waals surface area contributed by atoms with Crippen molar-refractivity contribution in [3.8, 4) is 0 Å². The van der Waals surface area contributed by atoms with Crippen molar-refractivity contribution < 1.29 is 14.9 Å². The molecule has 0 aliphatic carbocycles. The number of hydrogen-bond acceptors (Lipinski definition) is 3. The molecule has 0 saturated carbocycles. The van der Waals surface area contributed by atoms with Crippen molar-refractivity contribution in [3.05, 3.63) is 0 Å². The zero-order valence-corrected chi connectivity index (χ0v) is 9.62. The van der Waals surface area contributed by atoms with Crippen LogP contribution in [0.2, 0.25) is 0 Å². The minimum absolute atomic E-state index is 0.143. The summed E-state index contributed by atoms with van der Waals surface area (Å²) in [6.45, 7) is 6.55. The normalized spacial score (nSPS) is 14.4. The topological polar surface area (TPSA) is 49.7 Å². The van der Waals surface area contributed by atoms with Crippen LogP contribution >= 0.6 is 0 Å². The molecule has 1 atom stereocenters. The molecular weight excluding hydrogens is 180 g/mol. The van der Waals surface area contributed by atoms with Crippen LogP contribution in [0.4, 0.5) is 0 Å². The van der Waals surface area contributed by atoms with E-state index in [0.717, 1.165) is 12.8 Å². The van der Waals surface area contributed by atoms with E-state index in [1.165, 1.54) is 0 Å². The minimum atomic E-state index is -0.383. The number of hydrogen-bond donors (Lipinski definition) is 2. The van der Waals surface area contributed by atoms with Crippen molar-refractivity contribution in [3.63, 3.8) is 0 Å². The molecular formula is C11H24O3. The monoisotopic (exact) mass is 204 g/mol. The number of aliphatic hydroxyl groups excluding tert-OH is 2. The third-order valence-electron chi connectivity index (χ3n) is 2.91. The van der Waals surface area contributed by atoms with E-state index in [1.54, 1.807) is 0 Å². The molecule has 0 heterocycles. The lowest BCUT2D eigenvalue weighted by Crippen LogP contribution is -2.35. The molecule has 0 bridgehead atoms. The zero-order chi connectivity index (χ0) is 11.0. The molecule has 0 fully saturated rings. The van der Waals surface area contributed by atoms with Gasteiger partial charge in [-0.3, -0.25) is 0 Å². The molecule has 0 aliphatic heterocycles. The van der Waals surface area contributed by atoms with Gasteiger partial charge in [-0.05, 0) is 25.7 Å². The first-order valence-electron chi connectivity index (χ1n) is 5.57. The Bertz CT molecular complexity index is 132. The standard InChI is InChI=1S/C11H24O3/c1-4-10(13)9-14-11(5-2,6-3)7-8-12/h10,12-13H,4-9H2,1-3H3. The lowest BCUT2D eigenvalue weighted by Gasteiger charge is -2.32. The van der Waals surface area contributed by atoms with Gasteiger partial charge in [-0.1, -0.05) is 20.8 Å². The summed E-state index contributed by atoms with van der Waals surface area (Å²) in [4.78, 5) is 0. The number of ether oxygens (including phenoxy) is 1. The number of aliphatic hydroxyl groups is 2. The summed E-state index contributed by atoms with van der Waals surface area (Å²) in [6.07, 6.45) is 2.73. The van der Waals surface area contributed by atoms with E-state index in [1.807, 2.05) is 6.92 Å². The van der Waals surface area contributed by atoms with E-state index in [9.17, 15) is 5.11 Å². The summed E-state index contributed by atoms with van der Waals surface area (Å²) < 4.78 is 5.71. The summed E-state index contributed by atoms with van der Waals surface area (Å²) in [5.74, 6) is 0. The van der Waals surface area contributed by atoms with Gasteiger partial charge < -0.3 is 14.9 Å². The van der Waals surface area contributed by atoms with Crippen LogP contribution in [0.25, 0.3) is 0 Å². The number of rotatable bonds is 8. The van der Waals surface area contributed by atoms with Crippen LogP contribution in [-0.4, -0.2) is 35.1 Å². The molecule has 3 nitrogen and oxygen atoms in total. The van der Waals surface area contributed by atoms with Crippen LogP contribution in [0, 0.1) is 0 Å². The fourth-order valence-corrected chi connectivity index (χ4v) is 1.47. The van der Waals surface area contributed by atoms with Gasteiger partial charge in [0.2, 0.25) is 0 Å². The van der Waals surface area contributed by atoms with Crippen LogP contribution in [-0.2, 0) is 4.74 Å². The molecule has 0 rings (SSSR count). The highest BCUT2D eigenvalue weighted by atomic mass is 16.5. The lowest BCUT2D eigenvalue weighted by molar-refractivity contribution is -0.0950. The fraction of sp³-hybridized carbons (Fsp3) is 1.00. The zero-order valence-electron chi connectivity index (χ0n) is 9.62. The Hall–Kier alpha value is -0.120. The van der Waals surface area contributed by atoms with Gasteiger partial charge in [0.25, 0.3) is 0 Å². The molecule has 1 unspecified atom stereocenters. The molecule has 0 aliphatic rings. The Morgan fingerprint density at radius 3 is 2.14 bits per heavy atom. The van der Waals surface area contributed by atoms with E-state index in [0.29, 0.717) is 19.4 Å². The van der Waals surface area contributed by atoms with Gasteiger partial charge in [0, 0.05) is 6.61 Å². The Kier molecular flexibility index (Phi) is 7.15. The summed E-state index contributed by atoms with van der Waals surface area (Å²) in [7, 11) is 0. The van der Waals surface area contributed by atoms with Crippen molar-refractivity contribution in [1.82, 2.24) is 0 Å². The molecule has 2 N–H and O–H groups in total. The predicted molar refractivity (Wildman–Crippen MR) is 57.3 cm³/mol. The van der Waals surface area contributed by atoms with Gasteiger partial charge in [-0.2, -0.15) is 0 Å². The van der Waals surface area contributed by atoms with E-state index >= 15 is 0 Å². The van der Waals surface area contributed by atoms with Crippen LogP contribution in [0.5, 0.6) is 0 Å². The third kappa shape index (κ3) is 4.40. The molecule has 0 amide bonds. The van der Waals surface area contributed by atoms with Gasteiger partial charge in [0.05, 0.1) is 18.3 Å². The molecule has 0 aromatic rings. The first-order valence-corrected chi connectivity index (χ1v) is 5.57. The average molecular weight is 204 g/mol. The highest BCUT2D eigenvalue weighted by molar-refractivity contribution is 4.77. The van der Waals surface area contributed by atoms with Gasteiger partial charge in [0.15, 0.2) is 0 Å². The molecule has 86 valence electrons. The van der Waals surface area contributed by atoms with Crippen LogP contribution in [0.15, 0.2) is 0 Å². The highest BCUT2D eigenvalue weighted by Crippen LogP contribution is 2.24. The molecule has 0 spiro atoms. The van der Waals surface area contributed by atoms with Gasteiger partial charge in [0.1, 0.15) is 0 Å². The largest absolute Gasteiger partial charge is 0.396 e. The summed E-state index contributed by atoms with van der Waals surface area (Å²) in [6, 6.07) is 0. The van der Waals surface area contributed by atoms with E-state index in [4.69, 9.17) is 9.84 Å². The minimum Gasteiger partial charge on any atom is -0.396 e. The Morgan fingerprint density at radius 1 is 1.21 bits per heavy atom. The van der Waals surface area contributed by atoms with Gasteiger partial charge >= 0.3 is 0 Å².